The molecule has 1 saturated heterocycles. The first-order chi connectivity index (χ1) is 7.90. The molecule has 1 N–H and O–H groups in total. The summed E-state index contributed by atoms with van der Waals surface area (Å²) in [5, 5.41) is 3.50. The van der Waals surface area contributed by atoms with Gasteiger partial charge >= 0.3 is 0 Å². The summed E-state index contributed by atoms with van der Waals surface area (Å²) in [7, 11) is 1.71. The topological polar surface area (TPSA) is 21.3 Å². The highest BCUT2D eigenvalue weighted by Crippen LogP contribution is 2.19. The molecule has 0 aliphatic carbocycles. The molecule has 1 heterocycles. The summed E-state index contributed by atoms with van der Waals surface area (Å²) in [4.78, 5) is 0. The SMILES string of the molecule is COc1ccccc1/C=C/[C@@H]1CCCCN1. The predicted molar refractivity (Wildman–Crippen MR) is 67.7 cm³/mol. The van der Waals surface area contributed by atoms with E-state index in [-0.39, 0.29) is 0 Å². The number of piperidine rings is 1. The van der Waals surface area contributed by atoms with Crippen LogP contribution in [0.4, 0.5) is 0 Å². The van der Waals surface area contributed by atoms with Crippen molar-refractivity contribution in [2.45, 2.75) is 25.3 Å². The van der Waals surface area contributed by atoms with Gasteiger partial charge in [0.25, 0.3) is 0 Å². The first kappa shape index (κ1) is 11.2. The van der Waals surface area contributed by atoms with E-state index in [2.05, 4.69) is 23.5 Å². The Hall–Kier alpha value is -1.28. The monoisotopic (exact) mass is 217 g/mol. The van der Waals surface area contributed by atoms with Gasteiger partial charge in [-0.1, -0.05) is 36.8 Å². The van der Waals surface area contributed by atoms with Crippen LogP contribution in [0, 0.1) is 0 Å². The van der Waals surface area contributed by atoms with Gasteiger partial charge < -0.3 is 10.1 Å². The Morgan fingerprint density at radius 1 is 1.31 bits per heavy atom. The molecule has 16 heavy (non-hydrogen) atoms. The Kier molecular flexibility index (Phi) is 4.00. The van der Waals surface area contributed by atoms with Crippen LogP contribution in [0.1, 0.15) is 24.8 Å². The summed E-state index contributed by atoms with van der Waals surface area (Å²) in [5.74, 6) is 0.939. The Morgan fingerprint density at radius 2 is 2.19 bits per heavy atom. The number of benzene rings is 1. The Morgan fingerprint density at radius 3 is 2.94 bits per heavy atom. The van der Waals surface area contributed by atoms with Gasteiger partial charge in [0.1, 0.15) is 5.75 Å². The van der Waals surface area contributed by atoms with E-state index in [9.17, 15) is 0 Å². The summed E-state index contributed by atoms with van der Waals surface area (Å²) in [5.41, 5.74) is 1.15. The van der Waals surface area contributed by atoms with Crippen LogP contribution in [-0.2, 0) is 0 Å². The van der Waals surface area contributed by atoms with Crippen LogP contribution < -0.4 is 10.1 Å². The smallest absolute Gasteiger partial charge is 0.126 e. The lowest BCUT2D eigenvalue weighted by atomic mass is 10.0. The molecule has 1 aliphatic heterocycles. The van der Waals surface area contributed by atoms with Crippen molar-refractivity contribution in [2.24, 2.45) is 0 Å². The molecule has 1 aromatic carbocycles. The fourth-order valence-electron chi connectivity index (χ4n) is 2.07. The molecule has 2 nitrogen and oxygen atoms in total. The zero-order chi connectivity index (χ0) is 11.2. The highest BCUT2D eigenvalue weighted by atomic mass is 16.5. The van der Waals surface area contributed by atoms with Crippen molar-refractivity contribution in [3.63, 3.8) is 0 Å². The first-order valence-corrected chi connectivity index (χ1v) is 5.95. The molecule has 0 radical (unpaired) electrons. The van der Waals surface area contributed by atoms with Crippen molar-refractivity contribution in [1.82, 2.24) is 5.32 Å². The second-order valence-electron chi connectivity index (χ2n) is 4.16. The minimum atomic E-state index is 0.527. The van der Waals surface area contributed by atoms with E-state index < -0.39 is 0 Å². The van der Waals surface area contributed by atoms with Gasteiger partial charge in [0.2, 0.25) is 0 Å². The molecule has 0 amide bonds. The minimum Gasteiger partial charge on any atom is -0.496 e. The molecule has 2 heteroatoms. The van der Waals surface area contributed by atoms with Crippen LogP contribution in [0.2, 0.25) is 0 Å². The maximum Gasteiger partial charge on any atom is 0.126 e. The molecule has 86 valence electrons. The average Bonchev–Trinajstić information content (AvgIpc) is 2.38. The van der Waals surface area contributed by atoms with Crippen molar-refractivity contribution in [2.75, 3.05) is 13.7 Å². The van der Waals surface area contributed by atoms with Crippen LogP contribution in [0.15, 0.2) is 30.3 Å². The molecular weight excluding hydrogens is 198 g/mol. The lowest BCUT2D eigenvalue weighted by Gasteiger charge is -2.20. The standard InChI is InChI=1S/C14H19NO/c1-16-14-8-3-2-6-12(14)9-10-13-7-4-5-11-15-13/h2-3,6,8-10,13,15H,4-5,7,11H2,1H3/b10-9+/t13-/m0/s1. The van der Waals surface area contributed by atoms with Gasteiger partial charge in [0, 0.05) is 11.6 Å². The average molecular weight is 217 g/mol. The predicted octanol–water partition coefficient (Wildman–Crippen LogP) is 2.85. The lowest BCUT2D eigenvalue weighted by Crippen LogP contribution is -2.31. The van der Waals surface area contributed by atoms with Crippen molar-refractivity contribution in [1.29, 1.82) is 0 Å². The number of para-hydroxylation sites is 1. The fraction of sp³-hybridized carbons (Fsp3) is 0.429. The third kappa shape index (κ3) is 2.86. The maximum atomic E-state index is 5.31. The van der Waals surface area contributed by atoms with E-state index in [1.54, 1.807) is 7.11 Å². The van der Waals surface area contributed by atoms with Crippen molar-refractivity contribution in [3.8, 4) is 5.75 Å². The fourth-order valence-corrected chi connectivity index (χ4v) is 2.07. The van der Waals surface area contributed by atoms with Crippen molar-refractivity contribution < 1.29 is 4.74 Å². The molecule has 2 rings (SSSR count). The van der Waals surface area contributed by atoms with Crippen molar-refractivity contribution >= 4 is 6.08 Å². The lowest BCUT2D eigenvalue weighted by molar-refractivity contribution is 0.413. The van der Waals surface area contributed by atoms with E-state index in [0.29, 0.717) is 6.04 Å². The number of methoxy groups -OCH3 is 1. The van der Waals surface area contributed by atoms with E-state index in [1.165, 1.54) is 19.3 Å². The Labute approximate surface area is 97.3 Å². The summed E-state index contributed by atoms with van der Waals surface area (Å²) >= 11 is 0. The number of nitrogens with one attached hydrogen (secondary N) is 1. The second-order valence-corrected chi connectivity index (χ2v) is 4.16. The van der Waals surface area contributed by atoms with Gasteiger partial charge in [-0.3, -0.25) is 0 Å². The third-order valence-corrected chi connectivity index (χ3v) is 3.00. The highest BCUT2D eigenvalue weighted by Gasteiger charge is 2.08. The molecule has 1 aliphatic rings. The minimum absolute atomic E-state index is 0.527. The first-order valence-electron chi connectivity index (χ1n) is 5.95. The van der Waals surface area contributed by atoms with Crippen molar-refractivity contribution in [3.05, 3.63) is 35.9 Å². The molecule has 1 aromatic rings. The van der Waals surface area contributed by atoms with Crippen LogP contribution in [0.25, 0.3) is 6.08 Å². The number of ether oxygens (including phenoxy) is 1. The molecular formula is C14H19NO. The molecule has 1 fully saturated rings. The second kappa shape index (κ2) is 5.71. The third-order valence-electron chi connectivity index (χ3n) is 3.00. The van der Waals surface area contributed by atoms with Gasteiger partial charge in [-0.05, 0) is 25.5 Å². The van der Waals surface area contributed by atoms with Gasteiger partial charge in [-0.25, -0.2) is 0 Å². The molecule has 0 unspecified atom stereocenters. The highest BCUT2D eigenvalue weighted by molar-refractivity contribution is 5.57. The molecule has 0 bridgehead atoms. The molecule has 1 atom stereocenters. The normalized spacial score (nSPS) is 21.2. The summed E-state index contributed by atoms with van der Waals surface area (Å²) in [6.07, 6.45) is 8.28. The zero-order valence-electron chi connectivity index (χ0n) is 9.78. The van der Waals surface area contributed by atoms with Gasteiger partial charge in [0.05, 0.1) is 7.11 Å². The van der Waals surface area contributed by atoms with Crippen LogP contribution in [0.5, 0.6) is 5.75 Å². The molecule has 0 aromatic heterocycles. The Balaban J connectivity index is 2.04. The van der Waals surface area contributed by atoms with E-state index in [4.69, 9.17) is 4.74 Å². The van der Waals surface area contributed by atoms with Gasteiger partial charge in [0.15, 0.2) is 0 Å². The Bertz CT molecular complexity index is 354. The van der Waals surface area contributed by atoms with E-state index in [1.807, 2.05) is 18.2 Å². The van der Waals surface area contributed by atoms with Crippen LogP contribution in [-0.4, -0.2) is 19.7 Å². The maximum absolute atomic E-state index is 5.31. The van der Waals surface area contributed by atoms with Gasteiger partial charge in [-0.2, -0.15) is 0 Å². The van der Waals surface area contributed by atoms with E-state index in [0.717, 1.165) is 17.9 Å². The summed E-state index contributed by atoms with van der Waals surface area (Å²) < 4.78 is 5.31. The quantitative estimate of drug-likeness (QED) is 0.840. The number of hydrogen-bond donors (Lipinski definition) is 1. The number of rotatable bonds is 3. The molecule has 0 saturated carbocycles. The summed E-state index contributed by atoms with van der Waals surface area (Å²) in [6.45, 7) is 1.14. The van der Waals surface area contributed by atoms with E-state index >= 15 is 0 Å². The summed E-state index contributed by atoms with van der Waals surface area (Å²) in [6, 6.07) is 8.64. The molecule has 0 spiro atoms. The van der Waals surface area contributed by atoms with Gasteiger partial charge in [-0.15, -0.1) is 0 Å². The largest absolute Gasteiger partial charge is 0.496 e. The number of hydrogen-bond acceptors (Lipinski definition) is 2. The van der Waals surface area contributed by atoms with Crippen LogP contribution >= 0.6 is 0 Å². The zero-order valence-corrected chi connectivity index (χ0v) is 9.78. The van der Waals surface area contributed by atoms with Crippen LogP contribution in [0.3, 0.4) is 0 Å².